The fourth-order valence-electron chi connectivity index (χ4n) is 2.71. The van der Waals surface area contributed by atoms with Gasteiger partial charge in [-0.15, -0.1) is 0 Å². The molecule has 2 atom stereocenters. The summed E-state index contributed by atoms with van der Waals surface area (Å²) in [5, 5.41) is 11.5. The Morgan fingerprint density at radius 2 is 1.85 bits per heavy atom. The first-order valence-electron chi connectivity index (χ1n) is 8.01. The Morgan fingerprint density at radius 1 is 1.23 bits per heavy atom. The minimum Gasteiger partial charge on any atom is -0.481 e. The first-order valence-corrected chi connectivity index (χ1v) is 9.50. The second-order valence-electron chi connectivity index (χ2n) is 6.16. The third-order valence-electron chi connectivity index (χ3n) is 4.04. The van der Waals surface area contributed by atoms with Crippen molar-refractivity contribution in [2.24, 2.45) is 5.92 Å². The van der Waals surface area contributed by atoms with Crippen molar-refractivity contribution in [2.75, 3.05) is 18.4 Å². The second-order valence-corrected chi connectivity index (χ2v) is 7.87. The number of aliphatic carboxylic acids is 1. The van der Waals surface area contributed by atoms with Crippen molar-refractivity contribution in [3.05, 3.63) is 24.3 Å². The number of hydrogen-bond acceptors (Lipinski definition) is 5. The van der Waals surface area contributed by atoms with Crippen molar-refractivity contribution in [1.29, 1.82) is 0 Å². The van der Waals surface area contributed by atoms with E-state index < -0.39 is 33.9 Å². The van der Waals surface area contributed by atoms with Crippen LogP contribution in [0.3, 0.4) is 0 Å². The number of carboxylic acids is 1. The van der Waals surface area contributed by atoms with Gasteiger partial charge in [0.2, 0.25) is 21.8 Å². The van der Waals surface area contributed by atoms with Gasteiger partial charge in [0.1, 0.15) is 0 Å². The van der Waals surface area contributed by atoms with Crippen LogP contribution in [-0.2, 0) is 24.4 Å². The molecule has 0 aliphatic carbocycles. The largest absolute Gasteiger partial charge is 0.481 e. The van der Waals surface area contributed by atoms with E-state index >= 15 is 0 Å². The van der Waals surface area contributed by atoms with E-state index in [2.05, 4.69) is 10.0 Å². The van der Waals surface area contributed by atoms with Crippen LogP contribution in [0.25, 0.3) is 0 Å². The van der Waals surface area contributed by atoms with E-state index in [9.17, 15) is 22.8 Å². The molecule has 2 rings (SSSR count). The fourth-order valence-corrected chi connectivity index (χ4v) is 3.90. The van der Waals surface area contributed by atoms with Crippen LogP contribution in [0.5, 0.6) is 0 Å². The molecule has 1 saturated heterocycles. The van der Waals surface area contributed by atoms with E-state index in [0.29, 0.717) is 12.1 Å². The zero-order valence-electron chi connectivity index (χ0n) is 14.4. The number of carboxylic acid groups (broad SMARTS) is 1. The number of nitrogens with one attached hydrogen (secondary N) is 2. The summed E-state index contributed by atoms with van der Waals surface area (Å²) in [5.41, 5.74) is 0.456. The van der Waals surface area contributed by atoms with Gasteiger partial charge in [0.25, 0.3) is 0 Å². The molecule has 26 heavy (non-hydrogen) atoms. The summed E-state index contributed by atoms with van der Waals surface area (Å²) in [4.78, 5) is 35.6. The highest BCUT2D eigenvalue weighted by atomic mass is 32.2. The molecular formula is C16H21N3O6S. The maximum absolute atomic E-state index is 12.4. The van der Waals surface area contributed by atoms with Crippen LogP contribution in [-0.4, -0.2) is 55.3 Å². The summed E-state index contributed by atoms with van der Waals surface area (Å²) in [6.07, 6.45) is 0.352. The molecule has 1 aromatic carbocycles. The number of rotatable bonds is 6. The van der Waals surface area contributed by atoms with Crippen molar-refractivity contribution >= 4 is 33.5 Å². The van der Waals surface area contributed by atoms with Gasteiger partial charge in [0.05, 0.1) is 16.9 Å². The number of benzene rings is 1. The summed E-state index contributed by atoms with van der Waals surface area (Å²) >= 11 is 0. The Labute approximate surface area is 151 Å². The number of nitrogens with zero attached hydrogens (tertiary/aromatic N) is 1. The van der Waals surface area contributed by atoms with E-state index in [1.165, 1.54) is 43.0 Å². The molecule has 0 aromatic heterocycles. The molecule has 1 fully saturated rings. The van der Waals surface area contributed by atoms with Crippen LogP contribution in [0.1, 0.15) is 20.3 Å². The van der Waals surface area contributed by atoms with Crippen LogP contribution in [0.4, 0.5) is 5.69 Å². The van der Waals surface area contributed by atoms with Crippen molar-refractivity contribution in [1.82, 2.24) is 9.62 Å². The fraction of sp³-hybridized carbons (Fsp3) is 0.438. The molecule has 2 unspecified atom stereocenters. The molecule has 142 valence electrons. The number of sulfonamides is 1. The molecule has 0 spiro atoms. The molecule has 0 saturated carbocycles. The highest BCUT2D eigenvalue weighted by Gasteiger charge is 2.34. The van der Waals surface area contributed by atoms with Gasteiger partial charge >= 0.3 is 5.97 Å². The van der Waals surface area contributed by atoms with E-state index in [0.717, 1.165) is 0 Å². The number of hydrogen-bond donors (Lipinski definition) is 3. The molecule has 9 nitrogen and oxygen atoms in total. The van der Waals surface area contributed by atoms with Gasteiger partial charge in [-0.05, 0) is 37.6 Å². The molecule has 1 heterocycles. The van der Waals surface area contributed by atoms with Crippen molar-refractivity contribution < 1.29 is 27.9 Å². The molecule has 1 aromatic rings. The molecule has 0 radical (unpaired) electrons. The minimum atomic E-state index is -3.94. The van der Waals surface area contributed by atoms with E-state index in [1.807, 2.05) is 0 Å². The highest BCUT2D eigenvalue weighted by Crippen LogP contribution is 2.18. The summed E-state index contributed by atoms with van der Waals surface area (Å²) < 4.78 is 27.1. The predicted molar refractivity (Wildman–Crippen MR) is 92.9 cm³/mol. The lowest BCUT2D eigenvalue weighted by atomic mass is 10.1. The Morgan fingerprint density at radius 3 is 2.35 bits per heavy atom. The average molecular weight is 383 g/mol. The Hall–Kier alpha value is -2.46. The average Bonchev–Trinajstić information content (AvgIpc) is 3.03. The number of amides is 2. The predicted octanol–water partition coefficient (Wildman–Crippen LogP) is 0.245. The van der Waals surface area contributed by atoms with Gasteiger partial charge < -0.3 is 15.3 Å². The lowest BCUT2D eigenvalue weighted by Gasteiger charge is -2.21. The minimum absolute atomic E-state index is 0.0453. The van der Waals surface area contributed by atoms with Crippen molar-refractivity contribution in [3.8, 4) is 0 Å². The SMILES string of the molecule is CC(=O)Nc1ccc(S(=O)(=O)NC(C)C(=O)N2CCC(C(=O)O)C2)cc1. The Balaban J connectivity index is 2.02. The highest BCUT2D eigenvalue weighted by molar-refractivity contribution is 7.89. The molecule has 3 N–H and O–H groups in total. The van der Waals surface area contributed by atoms with Gasteiger partial charge in [-0.2, -0.15) is 4.72 Å². The molecule has 10 heteroatoms. The lowest BCUT2D eigenvalue weighted by molar-refractivity contribution is -0.141. The third kappa shape index (κ3) is 4.79. The topological polar surface area (TPSA) is 133 Å². The Bertz CT molecular complexity index is 806. The molecule has 1 aliphatic rings. The molecule has 0 bridgehead atoms. The number of anilines is 1. The smallest absolute Gasteiger partial charge is 0.308 e. The van der Waals surface area contributed by atoms with Gasteiger partial charge in [-0.1, -0.05) is 0 Å². The monoisotopic (exact) mass is 383 g/mol. The molecular weight excluding hydrogens is 362 g/mol. The standard InChI is InChI=1S/C16H21N3O6S/c1-10(15(21)19-8-7-12(9-19)16(22)23)18-26(24,25)14-5-3-13(4-6-14)17-11(2)20/h3-6,10,12,18H,7-9H2,1-2H3,(H,17,20)(H,22,23). The van der Waals surface area contributed by atoms with Gasteiger partial charge in [-0.25, -0.2) is 8.42 Å². The Kier molecular flexibility index (Phi) is 5.98. The molecule has 2 amide bonds. The van der Waals surface area contributed by atoms with Gasteiger partial charge in [-0.3, -0.25) is 14.4 Å². The number of carbonyl (C=O) groups is 3. The normalized spacial score (nSPS) is 18.4. The maximum Gasteiger partial charge on any atom is 0.308 e. The quantitative estimate of drug-likeness (QED) is 0.645. The van der Waals surface area contributed by atoms with E-state index in [4.69, 9.17) is 5.11 Å². The lowest BCUT2D eigenvalue weighted by Crippen LogP contribution is -2.46. The number of likely N-dealkylation sites (tertiary alicyclic amines) is 1. The summed E-state index contributed by atoms with van der Waals surface area (Å²) in [6.45, 7) is 3.12. The van der Waals surface area contributed by atoms with Crippen LogP contribution >= 0.6 is 0 Å². The summed E-state index contributed by atoms with van der Waals surface area (Å²) in [6, 6.07) is 4.51. The molecule has 1 aliphatic heterocycles. The van der Waals surface area contributed by atoms with Gasteiger partial charge in [0, 0.05) is 25.7 Å². The maximum atomic E-state index is 12.4. The van der Waals surface area contributed by atoms with E-state index in [1.54, 1.807) is 0 Å². The number of carbonyl (C=O) groups excluding carboxylic acids is 2. The van der Waals surface area contributed by atoms with Gasteiger partial charge in [0.15, 0.2) is 0 Å². The third-order valence-corrected chi connectivity index (χ3v) is 5.59. The van der Waals surface area contributed by atoms with E-state index in [-0.39, 0.29) is 23.9 Å². The zero-order chi connectivity index (χ0) is 19.5. The summed E-state index contributed by atoms with van der Waals surface area (Å²) in [5.74, 6) is -2.33. The zero-order valence-corrected chi connectivity index (χ0v) is 15.2. The first kappa shape index (κ1) is 19.9. The second kappa shape index (κ2) is 7.83. The first-order chi connectivity index (χ1) is 12.1. The van der Waals surface area contributed by atoms with Crippen molar-refractivity contribution in [3.63, 3.8) is 0 Å². The summed E-state index contributed by atoms with van der Waals surface area (Å²) in [7, 11) is -3.94. The van der Waals surface area contributed by atoms with Crippen LogP contribution in [0, 0.1) is 5.92 Å². The van der Waals surface area contributed by atoms with Crippen LogP contribution in [0.2, 0.25) is 0 Å². The van der Waals surface area contributed by atoms with Crippen LogP contribution in [0.15, 0.2) is 29.2 Å². The van der Waals surface area contributed by atoms with Crippen molar-refractivity contribution in [2.45, 2.75) is 31.2 Å². The van der Waals surface area contributed by atoms with Crippen LogP contribution < -0.4 is 10.0 Å².